The molecule has 4 aliphatic rings. The zero-order valence-corrected chi connectivity index (χ0v) is 24.2. The minimum Gasteiger partial charge on any atom is -0.367 e. The van der Waals surface area contributed by atoms with Crippen LogP contribution in [0.25, 0.3) is 0 Å². The van der Waals surface area contributed by atoms with Crippen LogP contribution in [0.4, 0.5) is 10.1 Å². The average Bonchev–Trinajstić information content (AvgIpc) is 3.30. The molecule has 0 aromatic heterocycles. The molecule has 0 bridgehead atoms. The van der Waals surface area contributed by atoms with E-state index < -0.39 is 0 Å². The Bertz CT molecular complexity index is 1130. The number of benzene rings is 2. The van der Waals surface area contributed by atoms with Gasteiger partial charge in [0.1, 0.15) is 5.82 Å². The van der Waals surface area contributed by atoms with Gasteiger partial charge in [0.15, 0.2) is 0 Å². The van der Waals surface area contributed by atoms with Gasteiger partial charge >= 0.3 is 0 Å². The SMILES string of the molecule is CN1CCCN(C(=O)CCC2CN(C3Cc4ccccc4C3)CCC2N2CCN(c3ccccc3F)CC2)CC1. The molecule has 6 rings (SSSR count). The molecule has 0 spiro atoms. The number of fused-ring (bicyclic) bond motifs is 1. The maximum atomic E-state index is 14.5. The van der Waals surface area contributed by atoms with Crippen LogP contribution in [0.5, 0.6) is 0 Å². The van der Waals surface area contributed by atoms with Gasteiger partial charge in [0, 0.05) is 70.9 Å². The summed E-state index contributed by atoms with van der Waals surface area (Å²) in [6, 6.07) is 17.2. The van der Waals surface area contributed by atoms with Gasteiger partial charge in [-0.1, -0.05) is 36.4 Å². The number of halogens is 1. The van der Waals surface area contributed by atoms with Crippen molar-refractivity contribution in [2.24, 2.45) is 5.92 Å². The van der Waals surface area contributed by atoms with Crippen molar-refractivity contribution in [2.45, 2.75) is 50.6 Å². The molecule has 7 heteroatoms. The van der Waals surface area contributed by atoms with Crippen molar-refractivity contribution in [3.63, 3.8) is 0 Å². The summed E-state index contributed by atoms with van der Waals surface area (Å²) in [4.78, 5) is 25.4. The first-order valence-corrected chi connectivity index (χ1v) is 15.6. The highest BCUT2D eigenvalue weighted by Gasteiger charge is 2.38. The molecule has 2 aromatic rings. The molecule has 2 atom stereocenters. The first-order valence-electron chi connectivity index (χ1n) is 15.6. The van der Waals surface area contributed by atoms with Crippen molar-refractivity contribution in [1.29, 1.82) is 0 Å². The third-order valence-electron chi connectivity index (χ3n) is 10.0. The molecular weight excluding hydrogens is 501 g/mol. The third-order valence-corrected chi connectivity index (χ3v) is 10.0. The van der Waals surface area contributed by atoms with E-state index in [4.69, 9.17) is 0 Å². The van der Waals surface area contributed by atoms with E-state index in [1.807, 2.05) is 12.1 Å². The van der Waals surface area contributed by atoms with Gasteiger partial charge < -0.3 is 14.7 Å². The van der Waals surface area contributed by atoms with Crippen molar-refractivity contribution in [3.05, 3.63) is 65.5 Å². The number of amides is 1. The molecule has 2 aromatic carbocycles. The molecule has 3 saturated heterocycles. The second-order valence-electron chi connectivity index (χ2n) is 12.5. The maximum Gasteiger partial charge on any atom is 0.222 e. The molecule has 1 amide bonds. The Morgan fingerprint density at radius 1 is 0.825 bits per heavy atom. The molecule has 2 unspecified atom stereocenters. The highest BCUT2D eigenvalue weighted by Crippen LogP contribution is 2.33. The van der Waals surface area contributed by atoms with Crippen LogP contribution in [0, 0.1) is 11.7 Å². The van der Waals surface area contributed by atoms with Gasteiger partial charge in [-0.05, 0) is 81.4 Å². The maximum absolute atomic E-state index is 14.5. The number of likely N-dealkylation sites (tertiary alicyclic amines) is 1. The lowest BCUT2D eigenvalue weighted by Gasteiger charge is -2.48. The predicted molar refractivity (Wildman–Crippen MR) is 159 cm³/mol. The fraction of sp³-hybridized carbons (Fsp3) is 0.606. The molecule has 0 radical (unpaired) electrons. The van der Waals surface area contributed by atoms with E-state index >= 15 is 0 Å². The number of carbonyl (C=O) groups is 1. The van der Waals surface area contributed by atoms with Crippen molar-refractivity contribution in [3.8, 4) is 0 Å². The van der Waals surface area contributed by atoms with Crippen LogP contribution < -0.4 is 4.90 Å². The van der Waals surface area contributed by atoms with Gasteiger partial charge in [0.25, 0.3) is 0 Å². The van der Waals surface area contributed by atoms with Crippen LogP contribution in [-0.2, 0) is 17.6 Å². The second kappa shape index (κ2) is 12.6. The standard InChI is InChI=1S/C33H46FN5O/c1-35-14-6-15-38(18-17-35)33(40)12-11-28-25-39(29-23-26-7-2-3-8-27(26)24-29)16-13-31(28)36-19-21-37(22-20-36)32-10-5-4-9-30(32)34/h2-5,7-10,28-29,31H,6,11-25H2,1H3. The quantitative estimate of drug-likeness (QED) is 0.550. The van der Waals surface area contributed by atoms with Crippen LogP contribution in [0.15, 0.2) is 48.5 Å². The Morgan fingerprint density at radius 3 is 2.30 bits per heavy atom. The van der Waals surface area contributed by atoms with Crippen molar-refractivity contribution in [2.75, 3.05) is 77.4 Å². The summed E-state index contributed by atoms with van der Waals surface area (Å²) in [7, 11) is 2.16. The van der Waals surface area contributed by atoms with E-state index in [1.54, 1.807) is 12.1 Å². The number of hydrogen-bond acceptors (Lipinski definition) is 5. The summed E-state index contributed by atoms with van der Waals surface area (Å²) in [6.07, 6.45) is 6.12. The van der Waals surface area contributed by atoms with Crippen molar-refractivity contribution < 1.29 is 9.18 Å². The lowest BCUT2D eigenvalue weighted by atomic mass is 9.85. The summed E-state index contributed by atoms with van der Waals surface area (Å²) in [5.41, 5.74) is 3.75. The topological polar surface area (TPSA) is 33.3 Å². The number of nitrogens with zero attached hydrogens (tertiary/aromatic N) is 5. The normalized spacial score (nSPS) is 25.6. The molecule has 0 N–H and O–H groups in total. The predicted octanol–water partition coefficient (Wildman–Crippen LogP) is 3.75. The van der Waals surface area contributed by atoms with E-state index in [0.29, 0.717) is 30.3 Å². The van der Waals surface area contributed by atoms with E-state index in [-0.39, 0.29) is 5.82 Å². The number of piperidine rings is 1. The molecule has 40 heavy (non-hydrogen) atoms. The Balaban J connectivity index is 1.11. The van der Waals surface area contributed by atoms with Crippen molar-refractivity contribution >= 4 is 11.6 Å². The van der Waals surface area contributed by atoms with Crippen molar-refractivity contribution in [1.82, 2.24) is 19.6 Å². The smallest absolute Gasteiger partial charge is 0.222 e. The zero-order valence-electron chi connectivity index (χ0n) is 24.2. The molecule has 3 heterocycles. The second-order valence-corrected chi connectivity index (χ2v) is 12.5. The fourth-order valence-corrected chi connectivity index (χ4v) is 7.70. The summed E-state index contributed by atoms with van der Waals surface area (Å²) in [5.74, 6) is 0.692. The molecular formula is C33H46FN5O. The average molecular weight is 548 g/mol. The minimum atomic E-state index is -0.127. The molecule has 3 fully saturated rings. The van der Waals surface area contributed by atoms with Gasteiger partial charge in [-0.3, -0.25) is 14.6 Å². The van der Waals surface area contributed by atoms with Gasteiger partial charge in [-0.15, -0.1) is 0 Å². The number of likely N-dealkylation sites (N-methyl/N-ethyl adjacent to an activating group) is 1. The molecule has 3 aliphatic heterocycles. The first kappa shape index (κ1) is 27.7. The first-order chi connectivity index (χ1) is 19.5. The Morgan fingerprint density at radius 2 is 1.55 bits per heavy atom. The molecule has 1 aliphatic carbocycles. The Labute approximate surface area is 239 Å². The van der Waals surface area contributed by atoms with Gasteiger partial charge in [0.2, 0.25) is 5.91 Å². The Kier molecular flexibility index (Phi) is 8.70. The van der Waals surface area contributed by atoms with Gasteiger partial charge in [-0.25, -0.2) is 4.39 Å². The number of anilines is 1. The summed E-state index contributed by atoms with van der Waals surface area (Å²) in [5, 5.41) is 0. The fourth-order valence-electron chi connectivity index (χ4n) is 7.70. The lowest BCUT2D eigenvalue weighted by molar-refractivity contribution is -0.131. The van der Waals surface area contributed by atoms with E-state index in [2.05, 4.69) is 55.8 Å². The molecule has 6 nitrogen and oxygen atoms in total. The lowest BCUT2D eigenvalue weighted by Crippen LogP contribution is -2.58. The van der Waals surface area contributed by atoms with E-state index in [0.717, 1.165) is 103 Å². The number of para-hydroxylation sites is 1. The molecule has 216 valence electrons. The third kappa shape index (κ3) is 6.22. The summed E-state index contributed by atoms with van der Waals surface area (Å²) >= 11 is 0. The number of piperazine rings is 1. The monoisotopic (exact) mass is 547 g/mol. The zero-order chi connectivity index (χ0) is 27.5. The Hall–Kier alpha value is -2.48. The van der Waals surface area contributed by atoms with Crippen LogP contribution in [0.1, 0.15) is 36.8 Å². The highest BCUT2D eigenvalue weighted by molar-refractivity contribution is 5.76. The summed E-state index contributed by atoms with van der Waals surface area (Å²) < 4.78 is 14.5. The number of rotatable bonds is 6. The highest BCUT2D eigenvalue weighted by atomic mass is 19.1. The van der Waals surface area contributed by atoms with Crippen LogP contribution in [0.2, 0.25) is 0 Å². The largest absolute Gasteiger partial charge is 0.367 e. The van der Waals surface area contributed by atoms with E-state index in [1.165, 1.54) is 11.1 Å². The van der Waals surface area contributed by atoms with Crippen LogP contribution in [-0.4, -0.2) is 110 Å². The minimum absolute atomic E-state index is 0.127. The van der Waals surface area contributed by atoms with Gasteiger partial charge in [-0.2, -0.15) is 0 Å². The van der Waals surface area contributed by atoms with Crippen LogP contribution in [0.3, 0.4) is 0 Å². The van der Waals surface area contributed by atoms with Gasteiger partial charge in [0.05, 0.1) is 5.69 Å². The summed E-state index contributed by atoms with van der Waals surface area (Å²) in [6.45, 7) is 9.61. The van der Waals surface area contributed by atoms with Crippen LogP contribution >= 0.6 is 0 Å². The number of hydrogen-bond donors (Lipinski definition) is 0. The number of carbonyl (C=O) groups excluding carboxylic acids is 1. The van der Waals surface area contributed by atoms with E-state index in [9.17, 15) is 9.18 Å². The molecule has 0 saturated carbocycles.